The number of nitrogens with two attached hydrogens (primary N) is 1. The van der Waals surface area contributed by atoms with Crippen molar-refractivity contribution in [2.24, 2.45) is 5.73 Å². The van der Waals surface area contributed by atoms with Crippen molar-refractivity contribution in [3.05, 3.63) is 59.5 Å². The lowest BCUT2D eigenvalue weighted by Gasteiger charge is -2.26. The summed E-state index contributed by atoms with van der Waals surface area (Å²) in [5, 5.41) is 8.05. The first-order valence-corrected chi connectivity index (χ1v) is 8.45. The highest BCUT2D eigenvalue weighted by atomic mass is 19.1. The summed E-state index contributed by atoms with van der Waals surface area (Å²) in [7, 11) is 0. The van der Waals surface area contributed by atoms with Crippen LogP contribution in [0, 0.1) is 5.82 Å². The van der Waals surface area contributed by atoms with Gasteiger partial charge >= 0.3 is 0 Å². The zero-order chi connectivity index (χ0) is 18.3. The molecular weight excluding hydrogens is 338 g/mol. The molecule has 3 aromatic rings. The molecule has 1 aromatic heterocycles. The number of carbonyl (C=O) groups excluding carboxylic acids is 1. The third-order valence-electron chi connectivity index (χ3n) is 4.80. The first-order valence-electron chi connectivity index (χ1n) is 8.45. The standard InChI is InChI=1S/C19H18F2N4O/c20-14-7-13(8-23-9-14)11-1-4-15(5-2-11)25-10-12-3-6-16(21)17(19(22)26)18(12)24-25/h1-6,10,13-14,23H,7-9H2,(H2,22,26)/t13-,14+/m0/s1. The van der Waals surface area contributed by atoms with Crippen LogP contribution in [0.25, 0.3) is 16.6 Å². The lowest BCUT2D eigenvalue weighted by atomic mass is 9.91. The van der Waals surface area contributed by atoms with E-state index in [9.17, 15) is 13.6 Å². The minimum atomic E-state index is -0.848. The number of nitrogens with one attached hydrogen (secondary N) is 1. The summed E-state index contributed by atoms with van der Waals surface area (Å²) in [6, 6.07) is 10.4. The Hall–Kier alpha value is -2.80. The van der Waals surface area contributed by atoms with Crippen LogP contribution in [0.1, 0.15) is 28.3 Å². The van der Waals surface area contributed by atoms with Gasteiger partial charge in [0.1, 0.15) is 23.1 Å². The van der Waals surface area contributed by atoms with Crippen LogP contribution in [0.2, 0.25) is 0 Å². The average Bonchev–Trinajstić information content (AvgIpc) is 3.05. The smallest absolute Gasteiger partial charge is 0.253 e. The van der Waals surface area contributed by atoms with E-state index >= 15 is 0 Å². The second kappa shape index (κ2) is 6.49. The summed E-state index contributed by atoms with van der Waals surface area (Å²) in [6.45, 7) is 1.17. The monoisotopic (exact) mass is 356 g/mol. The van der Waals surface area contributed by atoms with Crippen molar-refractivity contribution in [1.82, 2.24) is 15.1 Å². The van der Waals surface area contributed by atoms with E-state index < -0.39 is 17.9 Å². The molecule has 26 heavy (non-hydrogen) atoms. The van der Waals surface area contributed by atoms with E-state index in [4.69, 9.17) is 5.73 Å². The summed E-state index contributed by atoms with van der Waals surface area (Å²) < 4.78 is 29.0. The van der Waals surface area contributed by atoms with Gasteiger partial charge in [-0.3, -0.25) is 4.79 Å². The van der Waals surface area contributed by atoms with Gasteiger partial charge in [0, 0.05) is 24.7 Å². The SMILES string of the molecule is NC(=O)c1c(F)ccc2cn(-c3ccc([C@@H]4CNC[C@H](F)C4)cc3)nc12. The van der Waals surface area contributed by atoms with Crippen LogP contribution in [0.5, 0.6) is 0 Å². The number of nitrogens with zero attached hydrogens (tertiary/aromatic N) is 2. The molecule has 1 aliphatic heterocycles. The van der Waals surface area contributed by atoms with Gasteiger partial charge in [0.2, 0.25) is 0 Å². The van der Waals surface area contributed by atoms with Crippen LogP contribution in [0.4, 0.5) is 8.78 Å². The third-order valence-corrected chi connectivity index (χ3v) is 4.80. The summed E-state index contributed by atoms with van der Waals surface area (Å²) in [4.78, 5) is 11.5. The van der Waals surface area contributed by atoms with Crippen molar-refractivity contribution in [3.63, 3.8) is 0 Å². The number of amides is 1. The lowest BCUT2D eigenvalue weighted by Crippen LogP contribution is -2.36. The molecule has 0 aliphatic carbocycles. The van der Waals surface area contributed by atoms with Gasteiger partial charge in [-0.05, 0) is 42.2 Å². The molecule has 4 rings (SSSR count). The molecule has 5 nitrogen and oxygen atoms in total. The molecule has 2 atom stereocenters. The van der Waals surface area contributed by atoms with Crippen LogP contribution >= 0.6 is 0 Å². The molecule has 3 N–H and O–H groups in total. The largest absolute Gasteiger partial charge is 0.365 e. The highest BCUT2D eigenvalue weighted by Crippen LogP contribution is 2.26. The van der Waals surface area contributed by atoms with Crippen molar-refractivity contribution >= 4 is 16.8 Å². The highest BCUT2D eigenvalue weighted by molar-refractivity contribution is 6.04. The van der Waals surface area contributed by atoms with Gasteiger partial charge in [-0.25, -0.2) is 13.5 Å². The molecule has 1 saturated heterocycles. The Bertz CT molecular complexity index is 968. The molecule has 7 heteroatoms. The first-order chi connectivity index (χ1) is 12.5. The van der Waals surface area contributed by atoms with Gasteiger partial charge in [0.15, 0.2) is 0 Å². The second-order valence-corrected chi connectivity index (χ2v) is 6.58. The Morgan fingerprint density at radius 3 is 2.65 bits per heavy atom. The van der Waals surface area contributed by atoms with E-state index in [1.165, 1.54) is 6.07 Å². The fraction of sp³-hybridized carbons (Fsp3) is 0.263. The van der Waals surface area contributed by atoms with Crippen LogP contribution in [0.3, 0.4) is 0 Å². The molecule has 134 valence electrons. The minimum Gasteiger partial charge on any atom is -0.365 e. The summed E-state index contributed by atoms with van der Waals surface area (Å²) in [5.41, 5.74) is 7.13. The van der Waals surface area contributed by atoms with Gasteiger partial charge in [-0.15, -0.1) is 0 Å². The topological polar surface area (TPSA) is 72.9 Å². The molecule has 1 aliphatic rings. The number of aromatic nitrogens is 2. The van der Waals surface area contributed by atoms with E-state index in [-0.39, 0.29) is 17.0 Å². The number of alkyl halides is 1. The highest BCUT2D eigenvalue weighted by Gasteiger charge is 2.22. The maximum atomic E-state index is 13.9. The van der Waals surface area contributed by atoms with Gasteiger partial charge in [0.25, 0.3) is 5.91 Å². The first kappa shape index (κ1) is 16.7. The predicted octanol–water partition coefficient (Wildman–Crippen LogP) is 2.68. The molecule has 2 aromatic carbocycles. The van der Waals surface area contributed by atoms with E-state index in [2.05, 4.69) is 10.4 Å². The number of hydrogen-bond acceptors (Lipinski definition) is 3. The molecule has 0 unspecified atom stereocenters. The van der Waals surface area contributed by atoms with Crippen LogP contribution in [0.15, 0.2) is 42.6 Å². The van der Waals surface area contributed by atoms with Gasteiger partial charge < -0.3 is 11.1 Å². The van der Waals surface area contributed by atoms with E-state index in [0.29, 0.717) is 18.4 Å². The number of rotatable bonds is 3. The summed E-state index contributed by atoms with van der Waals surface area (Å²) >= 11 is 0. The predicted molar refractivity (Wildman–Crippen MR) is 94.7 cm³/mol. The number of halogens is 2. The van der Waals surface area contributed by atoms with Gasteiger partial charge in [0.05, 0.1) is 5.69 Å². The Kier molecular flexibility index (Phi) is 4.16. The van der Waals surface area contributed by atoms with Crippen molar-refractivity contribution < 1.29 is 13.6 Å². The molecule has 1 fully saturated rings. The number of benzene rings is 2. The number of hydrogen-bond donors (Lipinski definition) is 2. The summed E-state index contributed by atoms with van der Waals surface area (Å²) in [5.74, 6) is -1.39. The lowest BCUT2D eigenvalue weighted by molar-refractivity contribution is 0.0998. The Morgan fingerprint density at radius 1 is 1.19 bits per heavy atom. The van der Waals surface area contributed by atoms with Gasteiger partial charge in [-0.1, -0.05) is 12.1 Å². The molecule has 0 spiro atoms. The van der Waals surface area contributed by atoms with E-state index in [0.717, 1.165) is 17.8 Å². The summed E-state index contributed by atoms with van der Waals surface area (Å²) in [6.07, 6.45) is 1.40. The maximum absolute atomic E-state index is 13.9. The Morgan fingerprint density at radius 2 is 1.96 bits per heavy atom. The van der Waals surface area contributed by atoms with E-state index in [1.54, 1.807) is 16.9 Å². The van der Waals surface area contributed by atoms with Crippen LogP contribution in [-0.4, -0.2) is 34.9 Å². The van der Waals surface area contributed by atoms with E-state index in [1.807, 2.05) is 24.3 Å². The zero-order valence-electron chi connectivity index (χ0n) is 14.0. The van der Waals surface area contributed by atoms with Crippen LogP contribution in [-0.2, 0) is 0 Å². The number of primary amides is 1. The quantitative estimate of drug-likeness (QED) is 0.758. The average molecular weight is 356 g/mol. The van der Waals surface area contributed by atoms with Crippen molar-refractivity contribution in [1.29, 1.82) is 0 Å². The molecular formula is C19H18F2N4O. The fourth-order valence-corrected chi connectivity index (χ4v) is 3.47. The van der Waals surface area contributed by atoms with Gasteiger partial charge in [-0.2, -0.15) is 5.10 Å². The van der Waals surface area contributed by atoms with Crippen molar-refractivity contribution in [2.75, 3.05) is 13.1 Å². The Labute approximate surface area is 148 Å². The molecule has 0 radical (unpaired) electrons. The third kappa shape index (κ3) is 2.94. The molecule has 1 amide bonds. The molecule has 0 saturated carbocycles. The van der Waals surface area contributed by atoms with Crippen molar-refractivity contribution in [2.45, 2.75) is 18.5 Å². The maximum Gasteiger partial charge on any atom is 0.253 e. The zero-order valence-corrected chi connectivity index (χ0v) is 14.0. The number of carbonyl (C=O) groups is 1. The minimum absolute atomic E-state index is 0.139. The van der Waals surface area contributed by atoms with Crippen LogP contribution < -0.4 is 11.1 Å². The normalized spacial score (nSPS) is 20.4. The molecule has 0 bridgehead atoms. The van der Waals surface area contributed by atoms with Crippen molar-refractivity contribution in [3.8, 4) is 5.69 Å². The molecule has 2 heterocycles. The number of piperidine rings is 1. The second-order valence-electron chi connectivity index (χ2n) is 6.58. The Balaban J connectivity index is 1.67. The fourth-order valence-electron chi connectivity index (χ4n) is 3.47. The number of fused-ring (bicyclic) bond motifs is 1.